The first kappa shape index (κ1) is 19.1. The zero-order chi connectivity index (χ0) is 19.1. The average molecular weight is 384 g/mol. The van der Waals surface area contributed by atoms with Gasteiger partial charge in [0.05, 0.1) is 0 Å². The molecule has 0 saturated heterocycles. The van der Waals surface area contributed by atoms with Crippen LogP contribution in [0, 0.1) is 5.82 Å². The first-order valence-electron chi connectivity index (χ1n) is 8.72. The number of hydrogen-bond acceptors (Lipinski definition) is 4. The lowest BCUT2D eigenvalue weighted by Gasteiger charge is -2.06. The monoisotopic (exact) mass is 384 g/mol. The van der Waals surface area contributed by atoms with E-state index in [0.717, 1.165) is 22.1 Å². The second kappa shape index (κ2) is 9.32. The Bertz CT molecular complexity index is 881. The van der Waals surface area contributed by atoms with Gasteiger partial charge in [0.1, 0.15) is 5.82 Å². The Morgan fingerprint density at radius 3 is 2.59 bits per heavy atom. The smallest absolute Gasteiger partial charge is 0.220 e. The van der Waals surface area contributed by atoms with Crippen molar-refractivity contribution in [2.75, 3.05) is 12.3 Å². The SMILES string of the molecule is Cn1c(SCCC(=O)NCCc2ccc(F)cc2)nnc1-c1ccccc1. The molecular weight excluding hydrogens is 363 g/mol. The van der Waals surface area contributed by atoms with Crippen molar-refractivity contribution in [1.29, 1.82) is 0 Å². The molecule has 3 aromatic rings. The average Bonchev–Trinajstić information content (AvgIpc) is 3.05. The molecule has 0 saturated carbocycles. The maximum Gasteiger partial charge on any atom is 0.220 e. The summed E-state index contributed by atoms with van der Waals surface area (Å²) in [6.07, 6.45) is 1.09. The van der Waals surface area contributed by atoms with Gasteiger partial charge < -0.3 is 9.88 Å². The van der Waals surface area contributed by atoms with E-state index in [-0.39, 0.29) is 11.7 Å². The summed E-state index contributed by atoms with van der Waals surface area (Å²) < 4.78 is 14.8. The van der Waals surface area contributed by atoms with Crippen molar-refractivity contribution in [3.8, 4) is 11.4 Å². The lowest BCUT2D eigenvalue weighted by atomic mass is 10.1. The molecule has 1 heterocycles. The molecule has 140 valence electrons. The van der Waals surface area contributed by atoms with Crippen LogP contribution in [0.1, 0.15) is 12.0 Å². The minimum Gasteiger partial charge on any atom is -0.356 e. The van der Waals surface area contributed by atoms with Crippen LogP contribution >= 0.6 is 11.8 Å². The maximum absolute atomic E-state index is 12.9. The summed E-state index contributed by atoms with van der Waals surface area (Å²) in [6.45, 7) is 0.539. The van der Waals surface area contributed by atoms with Gasteiger partial charge in [-0.05, 0) is 24.1 Å². The third kappa shape index (κ3) is 5.40. The van der Waals surface area contributed by atoms with Crippen LogP contribution in [0.3, 0.4) is 0 Å². The minimum atomic E-state index is -0.251. The highest BCUT2D eigenvalue weighted by atomic mass is 32.2. The Labute approximate surface area is 162 Å². The second-order valence-corrected chi connectivity index (χ2v) is 7.12. The zero-order valence-corrected chi connectivity index (χ0v) is 15.9. The first-order chi connectivity index (χ1) is 13.1. The predicted molar refractivity (Wildman–Crippen MR) is 105 cm³/mol. The van der Waals surface area contributed by atoms with E-state index in [1.165, 1.54) is 23.9 Å². The molecule has 0 spiro atoms. The van der Waals surface area contributed by atoms with Crippen LogP contribution in [0.2, 0.25) is 0 Å². The summed E-state index contributed by atoms with van der Waals surface area (Å²) in [5.74, 6) is 1.18. The van der Waals surface area contributed by atoms with Gasteiger partial charge in [0.15, 0.2) is 11.0 Å². The van der Waals surface area contributed by atoms with Crippen molar-refractivity contribution in [2.24, 2.45) is 7.05 Å². The van der Waals surface area contributed by atoms with Crippen LogP contribution in [-0.4, -0.2) is 33.0 Å². The highest BCUT2D eigenvalue weighted by Crippen LogP contribution is 2.22. The minimum absolute atomic E-state index is 0.00457. The van der Waals surface area contributed by atoms with Crippen LogP contribution in [0.25, 0.3) is 11.4 Å². The standard InChI is InChI=1S/C20H21FN4OS/c1-25-19(16-5-3-2-4-6-16)23-24-20(25)27-14-12-18(26)22-13-11-15-7-9-17(21)10-8-15/h2-10H,11-14H2,1H3,(H,22,26). The Balaban J connectivity index is 1.41. The van der Waals surface area contributed by atoms with E-state index in [1.807, 2.05) is 41.9 Å². The number of amides is 1. The number of nitrogens with one attached hydrogen (secondary N) is 1. The molecule has 1 N–H and O–H groups in total. The number of rotatable bonds is 8. The van der Waals surface area contributed by atoms with Crippen LogP contribution in [-0.2, 0) is 18.3 Å². The summed E-state index contributed by atoms with van der Waals surface area (Å²) in [7, 11) is 1.92. The van der Waals surface area contributed by atoms with Gasteiger partial charge in [0.2, 0.25) is 5.91 Å². The van der Waals surface area contributed by atoms with Crippen LogP contribution in [0.4, 0.5) is 4.39 Å². The largest absolute Gasteiger partial charge is 0.356 e. The van der Waals surface area contributed by atoms with Crippen molar-refractivity contribution < 1.29 is 9.18 Å². The van der Waals surface area contributed by atoms with Gasteiger partial charge in [0, 0.05) is 31.3 Å². The lowest BCUT2D eigenvalue weighted by Crippen LogP contribution is -2.25. The van der Waals surface area contributed by atoms with Gasteiger partial charge in [0.25, 0.3) is 0 Å². The van der Waals surface area contributed by atoms with Gasteiger partial charge in [-0.1, -0.05) is 54.2 Å². The predicted octanol–water partition coefficient (Wildman–Crippen LogP) is 3.46. The molecule has 0 aliphatic heterocycles. The van der Waals surface area contributed by atoms with Gasteiger partial charge in [-0.25, -0.2) is 4.39 Å². The van der Waals surface area contributed by atoms with E-state index in [9.17, 15) is 9.18 Å². The Hall–Kier alpha value is -2.67. The number of benzene rings is 2. The van der Waals surface area contributed by atoms with E-state index in [2.05, 4.69) is 15.5 Å². The number of halogens is 1. The molecule has 1 aromatic heterocycles. The second-order valence-electron chi connectivity index (χ2n) is 6.06. The molecule has 2 aromatic carbocycles. The molecule has 0 bridgehead atoms. The highest BCUT2D eigenvalue weighted by Gasteiger charge is 2.11. The summed E-state index contributed by atoms with van der Waals surface area (Å²) in [6, 6.07) is 16.2. The van der Waals surface area contributed by atoms with E-state index in [0.29, 0.717) is 25.1 Å². The van der Waals surface area contributed by atoms with Gasteiger partial charge in [-0.15, -0.1) is 10.2 Å². The highest BCUT2D eigenvalue weighted by molar-refractivity contribution is 7.99. The normalized spacial score (nSPS) is 10.7. The van der Waals surface area contributed by atoms with Crippen molar-refractivity contribution in [3.63, 3.8) is 0 Å². The zero-order valence-electron chi connectivity index (χ0n) is 15.1. The van der Waals surface area contributed by atoms with E-state index in [1.54, 1.807) is 12.1 Å². The number of thioether (sulfide) groups is 1. The fourth-order valence-electron chi connectivity index (χ4n) is 2.60. The van der Waals surface area contributed by atoms with Crippen molar-refractivity contribution >= 4 is 17.7 Å². The number of carbonyl (C=O) groups is 1. The van der Waals surface area contributed by atoms with Gasteiger partial charge in [-0.2, -0.15) is 0 Å². The molecule has 0 unspecified atom stereocenters. The molecule has 5 nitrogen and oxygen atoms in total. The van der Waals surface area contributed by atoms with Crippen molar-refractivity contribution in [3.05, 3.63) is 66.0 Å². The Kier molecular flexibility index (Phi) is 6.59. The van der Waals surface area contributed by atoms with Crippen molar-refractivity contribution in [1.82, 2.24) is 20.1 Å². The third-order valence-corrected chi connectivity index (χ3v) is 5.10. The third-order valence-electron chi connectivity index (χ3n) is 4.08. The fourth-order valence-corrected chi connectivity index (χ4v) is 3.45. The lowest BCUT2D eigenvalue weighted by molar-refractivity contribution is -0.120. The Morgan fingerprint density at radius 1 is 1.11 bits per heavy atom. The molecule has 0 aliphatic rings. The number of nitrogens with zero attached hydrogens (tertiary/aromatic N) is 3. The van der Waals surface area contributed by atoms with Gasteiger partial charge >= 0.3 is 0 Å². The summed E-state index contributed by atoms with van der Waals surface area (Å²) in [5, 5.41) is 12.1. The van der Waals surface area contributed by atoms with E-state index < -0.39 is 0 Å². The number of aromatic nitrogens is 3. The number of carbonyl (C=O) groups excluding carboxylic acids is 1. The summed E-state index contributed by atoms with van der Waals surface area (Å²) in [4.78, 5) is 12.0. The molecule has 0 aliphatic carbocycles. The summed E-state index contributed by atoms with van der Waals surface area (Å²) in [5.41, 5.74) is 2.01. The van der Waals surface area contributed by atoms with E-state index >= 15 is 0 Å². The van der Waals surface area contributed by atoms with Crippen molar-refractivity contribution in [2.45, 2.75) is 18.0 Å². The Morgan fingerprint density at radius 2 is 1.85 bits per heavy atom. The number of hydrogen-bond donors (Lipinski definition) is 1. The molecule has 0 fully saturated rings. The van der Waals surface area contributed by atoms with Crippen LogP contribution in [0.15, 0.2) is 59.8 Å². The van der Waals surface area contributed by atoms with Crippen LogP contribution in [0.5, 0.6) is 0 Å². The fraction of sp³-hybridized carbons (Fsp3) is 0.250. The van der Waals surface area contributed by atoms with E-state index in [4.69, 9.17) is 0 Å². The van der Waals surface area contributed by atoms with Crippen LogP contribution < -0.4 is 5.32 Å². The molecule has 1 amide bonds. The quantitative estimate of drug-likeness (QED) is 0.604. The maximum atomic E-state index is 12.9. The first-order valence-corrected chi connectivity index (χ1v) is 9.71. The molecule has 3 rings (SSSR count). The molecular formula is C20H21FN4OS. The molecule has 0 radical (unpaired) electrons. The molecule has 0 atom stereocenters. The topological polar surface area (TPSA) is 59.8 Å². The molecule has 7 heteroatoms. The van der Waals surface area contributed by atoms with Gasteiger partial charge in [-0.3, -0.25) is 4.79 Å². The molecule has 27 heavy (non-hydrogen) atoms. The summed E-state index contributed by atoms with van der Waals surface area (Å²) >= 11 is 1.51.